The Morgan fingerprint density at radius 2 is 0.919 bits per heavy atom. The van der Waals surface area contributed by atoms with Crippen molar-refractivity contribution in [3.05, 3.63) is 0 Å². The molecule has 0 radical (unpaired) electrons. The van der Waals surface area contributed by atoms with E-state index in [9.17, 15) is 34.8 Å². The van der Waals surface area contributed by atoms with Gasteiger partial charge in [0.25, 0.3) is 0 Å². The monoisotopic (exact) mass is 525 g/mol. The fourth-order valence-corrected chi connectivity index (χ4v) is 5.58. The first-order valence-electron chi connectivity index (χ1n) is 15.0. The molecule has 0 bridgehead atoms. The van der Waals surface area contributed by atoms with E-state index >= 15 is 0 Å². The highest BCUT2D eigenvalue weighted by atomic mass is 16.4. The minimum Gasteiger partial charge on any atom is -0.550 e. The highest BCUT2D eigenvalue weighted by Gasteiger charge is 2.56. The number of hydrogen-bond donors (Lipinski definition) is 1. The maximum atomic E-state index is 12.7. The zero-order chi connectivity index (χ0) is 28.2. The summed E-state index contributed by atoms with van der Waals surface area (Å²) in [5, 5.41) is 49.0. The molecule has 0 aliphatic carbocycles. The SMILES string of the molecule is CCCCCCCCC(C(=O)[O-])C(O)(C(=O)[O-])C(CCCCCCCC)(CCCCCCCC)C(=O)[O-]. The molecule has 2 atom stereocenters. The van der Waals surface area contributed by atoms with Gasteiger partial charge < -0.3 is 34.8 Å². The molecule has 0 aliphatic rings. The lowest BCUT2D eigenvalue weighted by molar-refractivity contribution is -0.365. The van der Waals surface area contributed by atoms with Crippen molar-refractivity contribution in [2.75, 3.05) is 0 Å². The van der Waals surface area contributed by atoms with Crippen LogP contribution in [0.5, 0.6) is 0 Å². The minimum absolute atomic E-state index is 0.165. The molecule has 0 fully saturated rings. The van der Waals surface area contributed by atoms with Crippen LogP contribution in [-0.4, -0.2) is 28.6 Å². The van der Waals surface area contributed by atoms with Crippen molar-refractivity contribution in [1.29, 1.82) is 0 Å². The van der Waals surface area contributed by atoms with Crippen LogP contribution in [0.2, 0.25) is 0 Å². The lowest BCUT2D eigenvalue weighted by Crippen LogP contribution is -2.71. The Labute approximate surface area is 225 Å². The quantitative estimate of drug-likeness (QED) is 0.169. The van der Waals surface area contributed by atoms with Crippen LogP contribution in [0.25, 0.3) is 0 Å². The third-order valence-corrected chi connectivity index (χ3v) is 7.98. The first-order valence-corrected chi connectivity index (χ1v) is 15.0. The average molecular weight is 526 g/mol. The molecule has 7 nitrogen and oxygen atoms in total. The topological polar surface area (TPSA) is 141 Å². The van der Waals surface area contributed by atoms with Gasteiger partial charge in [0.1, 0.15) is 5.60 Å². The second-order valence-electron chi connectivity index (χ2n) is 10.9. The molecule has 0 amide bonds. The summed E-state index contributed by atoms with van der Waals surface area (Å²) in [7, 11) is 0. The van der Waals surface area contributed by atoms with Crippen molar-refractivity contribution < 1.29 is 34.8 Å². The number of aliphatic hydroxyl groups is 1. The van der Waals surface area contributed by atoms with Crippen LogP contribution in [0.4, 0.5) is 0 Å². The van der Waals surface area contributed by atoms with E-state index in [1.165, 1.54) is 0 Å². The van der Waals surface area contributed by atoms with Crippen molar-refractivity contribution in [1.82, 2.24) is 0 Å². The molecule has 0 saturated carbocycles. The average Bonchev–Trinajstić information content (AvgIpc) is 2.85. The van der Waals surface area contributed by atoms with Crippen LogP contribution in [0.3, 0.4) is 0 Å². The molecule has 0 saturated heterocycles. The van der Waals surface area contributed by atoms with Gasteiger partial charge in [-0.15, -0.1) is 0 Å². The molecular formula is C30H53O7-3. The number of carbonyl (C=O) groups is 3. The van der Waals surface area contributed by atoms with Crippen molar-refractivity contribution in [2.24, 2.45) is 11.3 Å². The highest BCUT2D eigenvalue weighted by molar-refractivity contribution is 5.91. The van der Waals surface area contributed by atoms with E-state index in [-0.39, 0.29) is 19.3 Å². The van der Waals surface area contributed by atoms with Crippen molar-refractivity contribution in [2.45, 2.75) is 161 Å². The number of hydrogen-bond acceptors (Lipinski definition) is 7. The maximum Gasteiger partial charge on any atom is 0.123 e. The van der Waals surface area contributed by atoms with Gasteiger partial charge in [-0.3, -0.25) is 0 Å². The second kappa shape index (κ2) is 20.3. The largest absolute Gasteiger partial charge is 0.550 e. The Hall–Kier alpha value is -1.63. The van der Waals surface area contributed by atoms with Crippen LogP contribution in [0.1, 0.15) is 156 Å². The molecule has 0 aromatic heterocycles. The van der Waals surface area contributed by atoms with Gasteiger partial charge in [0.05, 0.1) is 11.9 Å². The lowest BCUT2D eigenvalue weighted by atomic mass is 9.59. The summed E-state index contributed by atoms with van der Waals surface area (Å²) < 4.78 is 0. The molecule has 218 valence electrons. The number of rotatable bonds is 26. The summed E-state index contributed by atoms with van der Waals surface area (Å²) in [4.78, 5) is 37.4. The van der Waals surface area contributed by atoms with Gasteiger partial charge >= 0.3 is 0 Å². The van der Waals surface area contributed by atoms with E-state index in [0.29, 0.717) is 38.5 Å². The van der Waals surface area contributed by atoms with E-state index in [2.05, 4.69) is 20.8 Å². The summed E-state index contributed by atoms with van der Waals surface area (Å²) in [6.45, 7) is 6.26. The molecule has 0 aromatic rings. The first-order chi connectivity index (χ1) is 17.7. The molecule has 0 heterocycles. The Kier molecular flexibility index (Phi) is 19.5. The number of aliphatic carboxylic acids is 3. The van der Waals surface area contributed by atoms with E-state index in [1.54, 1.807) is 0 Å². The molecule has 37 heavy (non-hydrogen) atoms. The molecular weight excluding hydrogens is 472 g/mol. The summed E-state index contributed by atoms with van der Waals surface area (Å²) >= 11 is 0. The van der Waals surface area contributed by atoms with Crippen molar-refractivity contribution in [3.8, 4) is 0 Å². The predicted octanol–water partition coefficient (Wildman–Crippen LogP) is 3.82. The second-order valence-corrected chi connectivity index (χ2v) is 10.9. The smallest absolute Gasteiger partial charge is 0.123 e. The van der Waals surface area contributed by atoms with Gasteiger partial charge in [-0.25, -0.2) is 0 Å². The molecule has 0 spiro atoms. The predicted molar refractivity (Wildman–Crippen MR) is 140 cm³/mol. The van der Waals surface area contributed by atoms with Crippen LogP contribution in [0, 0.1) is 11.3 Å². The van der Waals surface area contributed by atoms with Gasteiger partial charge in [0.2, 0.25) is 0 Å². The fourth-order valence-electron chi connectivity index (χ4n) is 5.58. The number of carbonyl (C=O) groups excluding carboxylic acids is 3. The molecule has 1 N–H and O–H groups in total. The van der Waals surface area contributed by atoms with Crippen molar-refractivity contribution in [3.63, 3.8) is 0 Å². The van der Waals surface area contributed by atoms with Crippen LogP contribution in [0.15, 0.2) is 0 Å². The molecule has 0 aliphatic heterocycles. The summed E-state index contributed by atoms with van der Waals surface area (Å²) in [6, 6.07) is 0. The standard InChI is InChI=1S/C30H56O7/c1-4-7-10-13-16-19-22-25(26(31)32)30(37,28(35)36)29(27(33)34,23-20-17-14-11-8-5-2)24-21-18-15-12-9-6-3/h25,37H,4-24H2,1-3H3,(H,31,32)(H,33,34)(H,35,36)/p-3. The summed E-state index contributed by atoms with van der Waals surface area (Å²) in [5.41, 5.74) is -5.37. The van der Waals surface area contributed by atoms with E-state index in [0.717, 1.165) is 77.0 Å². The fraction of sp³-hybridized carbons (Fsp3) is 0.900. The third kappa shape index (κ3) is 11.7. The third-order valence-electron chi connectivity index (χ3n) is 7.98. The van der Waals surface area contributed by atoms with Crippen LogP contribution >= 0.6 is 0 Å². The van der Waals surface area contributed by atoms with Crippen LogP contribution < -0.4 is 15.3 Å². The Morgan fingerprint density at radius 1 is 0.568 bits per heavy atom. The maximum absolute atomic E-state index is 12.7. The zero-order valence-corrected chi connectivity index (χ0v) is 23.8. The molecule has 0 rings (SSSR count). The minimum atomic E-state index is -3.11. The van der Waals surface area contributed by atoms with Crippen LogP contribution in [-0.2, 0) is 14.4 Å². The Morgan fingerprint density at radius 3 is 1.24 bits per heavy atom. The van der Waals surface area contributed by atoms with Gasteiger partial charge in [-0.1, -0.05) is 136 Å². The van der Waals surface area contributed by atoms with Gasteiger partial charge in [0, 0.05) is 17.3 Å². The lowest BCUT2D eigenvalue weighted by Gasteiger charge is -2.53. The van der Waals surface area contributed by atoms with Gasteiger partial charge in [-0.2, -0.15) is 0 Å². The molecule has 0 aromatic carbocycles. The first kappa shape index (κ1) is 35.4. The number of carboxylic acid groups (broad SMARTS) is 3. The Balaban J connectivity index is 5.95. The summed E-state index contributed by atoms with van der Waals surface area (Å²) in [6.07, 6.45) is 14.4. The van der Waals surface area contributed by atoms with Gasteiger partial charge in [0.15, 0.2) is 0 Å². The highest BCUT2D eigenvalue weighted by Crippen LogP contribution is 2.47. The Bertz CT molecular complexity index is 617. The number of unbranched alkanes of at least 4 members (excludes halogenated alkanes) is 15. The molecule has 2 unspecified atom stereocenters. The normalized spacial score (nSPS) is 14.3. The summed E-state index contributed by atoms with van der Waals surface area (Å²) in [5.74, 6) is -7.41. The van der Waals surface area contributed by atoms with Crippen molar-refractivity contribution >= 4 is 17.9 Å². The van der Waals surface area contributed by atoms with E-state index < -0.39 is 34.8 Å². The van der Waals surface area contributed by atoms with Gasteiger partial charge in [-0.05, 0) is 19.3 Å². The van der Waals surface area contributed by atoms with E-state index in [1.807, 2.05) is 0 Å². The van der Waals surface area contributed by atoms with E-state index in [4.69, 9.17) is 0 Å². The molecule has 7 heteroatoms. The number of carboxylic acids is 3. The zero-order valence-electron chi connectivity index (χ0n) is 23.8.